The minimum absolute atomic E-state index is 0.197. The highest BCUT2D eigenvalue weighted by Gasteiger charge is 2.17. The van der Waals surface area contributed by atoms with Crippen molar-refractivity contribution < 1.29 is 13.9 Å². The largest absolute Gasteiger partial charge is 0.467 e. The van der Waals surface area contributed by atoms with Gasteiger partial charge in [-0.25, -0.2) is 14.1 Å². The zero-order chi connectivity index (χ0) is 11.7. The predicted molar refractivity (Wildman–Crippen MR) is 55.8 cm³/mol. The molecular formula is C11H10FN3O2. The van der Waals surface area contributed by atoms with Gasteiger partial charge in [0.15, 0.2) is 6.79 Å². The lowest BCUT2D eigenvalue weighted by Gasteiger charge is -2.20. The summed E-state index contributed by atoms with van der Waals surface area (Å²) < 4.78 is 25.6. The molecule has 5 nitrogen and oxygen atoms in total. The molecule has 6 heteroatoms. The molecule has 3 rings (SSSR count). The van der Waals surface area contributed by atoms with Gasteiger partial charge in [0.05, 0.1) is 13.2 Å². The molecule has 0 unspecified atom stereocenters. The van der Waals surface area contributed by atoms with E-state index < -0.39 is 0 Å². The van der Waals surface area contributed by atoms with Gasteiger partial charge in [-0.05, 0) is 12.1 Å². The molecule has 0 bridgehead atoms. The van der Waals surface area contributed by atoms with Gasteiger partial charge in [-0.2, -0.15) is 5.10 Å². The Bertz CT molecular complexity index is 528. The molecule has 2 aromatic rings. The molecular weight excluding hydrogens is 225 g/mol. The van der Waals surface area contributed by atoms with Gasteiger partial charge in [0.1, 0.15) is 24.2 Å². The summed E-state index contributed by atoms with van der Waals surface area (Å²) in [6.45, 7) is 1.00. The number of rotatable bonds is 2. The summed E-state index contributed by atoms with van der Waals surface area (Å²) in [5, 5.41) is 3.99. The first-order valence-corrected chi connectivity index (χ1v) is 5.17. The van der Waals surface area contributed by atoms with Crippen LogP contribution >= 0.6 is 0 Å². The van der Waals surface area contributed by atoms with Crippen molar-refractivity contribution in [2.45, 2.75) is 13.2 Å². The van der Waals surface area contributed by atoms with Crippen molar-refractivity contribution in [2.24, 2.45) is 0 Å². The second-order valence-corrected chi connectivity index (χ2v) is 3.76. The Morgan fingerprint density at radius 2 is 2.35 bits per heavy atom. The smallest absolute Gasteiger partial charge is 0.189 e. The standard InChI is InChI=1S/C11H10FN3O2/c12-10-1-8(3-15-6-13-5-14-15)11-9(2-10)4-16-7-17-11/h1-2,5-6H,3-4,7H2. The van der Waals surface area contributed by atoms with E-state index in [-0.39, 0.29) is 12.6 Å². The summed E-state index contributed by atoms with van der Waals surface area (Å²) in [5.41, 5.74) is 1.47. The van der Waals surface area contributed by atoms with E-state index in [1.54, 1.807) is 11.0 Å². The zero-order valence-electron chi connectivity index (χ0n) is 8.97. The van der Waals surface area contributed by atoms with Gasteiger partial charge >= 0.3 is 0 Å². The average Bonchev–Trinajstić information content (AvgIpc) is 2.81. The van der Waals surface area contributed by atoms with Gasteiger partial charge in [0, 0.05) is 11.1 Å². The maximum atomic E-state index is 13.4. The van der Waals surface area contributed by atoms with Crippen LogP contribution in [0.15, 0.2) is 24.8 Å². The fourth-order valence-electron chi connectivity index (χ4n) is 1.86. The highest BCUT2D eigenvalue weighted by molar-refractivity contribution is 5.42. The average molecular weight is 235 g/mol. The van der Waals surface area contributed by atoms with Gasteiger partial charge in [-0.15, -0.1) is 0 Å². The molecule has 1 aliphatic heterocycles. The normalized spacial score (nSPS) is 14.2. The lowest BCUT2D eigenvalue weighted by Crippen LogP contribution is -2.15. The van der Waals surface area contributed by atoms with Crippen LogP contribution < -0.4 is 4.74 Å². The Morgan fingerprint density at radius 1 is 1.41 bits per heavy atom. The van der Waals surface area contributed by atoms with Crippen molar-refractivity contribution in [3.05, 3.63) is 41.7 Å². The Labute approximate surface area is 96.8 Å². The fraction of sp³-hybridized carbons (Fsp3) is 0.273. The summed E-state index contributed by atoms with van der Waals surface area (Å²) in [6, 6.07) is 2.88. The SMILES string of the molecule is Fc1cc2c(c(Cn3cncn3)c1)OCOC2. The number of hydrogen-bond donors (Lipinski definition) is 0. The molecule has 0 aliphatic carbocycles. The second kappa shape index (κ2) is 4.14. The number of fused-ring (bicyclic) bond motifs is 1. The fourth-order valence-corrected chi connectivity index (χ4v) is 1.86. The van der Waals surface area contributed by atoms with Crippen LogP contribution in [-0.2, 0) is 17.9 Å². The van der Waals surface area contributed by atoms with Crippen molar-refractivity contribution in [1.29, 1.82) is 0 Å². The van der Waals surface area contributed by atoms with Gasteiger partial charge in [-0.1, -0.05) is 0 Å². The summed E-state index contributed by atoms with van der Waals surface area (Å²) in [4.78, 5) is 3.85. The lowest BCUT2D eigenvalue weighted by molar-refractivity contribution is -0.0173. The van der Waals surface area contributed by atoms with Crippen LogP contribution in [0.25, 0.3) is 0 Å². The number of halogens is 1. The molecule has 0 N–H and O–H groups in total. The minimum atomic E-state index is -0.298. The van der Waals surface area contributed by atoms with E-state index in [1.165, 1.54) is 18.5 Å². The van der Waals surface area contributed by atoms with Crippen molar-refractivity contribution >= 4 is 0 Å². The third-order valence-electron chi connectivity index (χ3n) is 2.55. The molecule has 88 valence electrons. The maximum Gasteiger partial charge on any atom is 0.189 e. The van der Waals surface area contributed by atoms with E-state index in [0.29, 0.717) is 18.9 Å². The van der Waals surface area contributed by atoms with Crippen LogP contribution in [0.2, 0.25) is 0 Å². The van der Waals surface area contributed by atoms with E-state index in [2.05, 4.69) is 10.1 Å². The van der Waals surface area contributed by atoms with Crippen LogP contribution in [0.3, 0.4) is 0 Å². The first-order chi connectivity index (χ1) is 8.33. The molecule has 0 amide bonds. The number of aromatic nitrogens is 3. The van der Waals surface area contributed by atoms with E-state index in [9.17, 15) is 4.39 Å². The Hall–Kier alpha value is -1.95. The van der Waals surface area contributed by atoms with Gasteiger partial charge in [-0.3, -0.25) is 0 Å². The first-order valence-electron chi connectivity index (χ1n) is 5.17. The summed E-state index contributed by atoms with van der Waals surface area (Å²) in [6.07, 6.45) is 3.02. The second-order valence-electron chi connectivity index (χ2n) is 3.76. The monoisotopic (exact) mass is 235 g/mol. The topological polar surface area (TPSA) is 49.2 Å². The van der Waals surface area contributed by atoms with Crippen molar-refractivity contribution in [3.8, 4) is 5.75 Å². The number of benzene rings is 1. The molecule has 0 saturated heterocycles. The van der Waals surface area contributed by atoms with Gasteiger partial charge in [0.25, 0.3) is 0 Å². The molecule has 2 heterocycles. The zero-order valence-corrected chi connectivity index (χ0v) is 8.97. The van der Waals surface area contributed by atoms with Crippen LogP contribution in [0.1, 0.15) is 11.1 Å². The predicted octanol–water partition coefficient (Wildman–Crippen LogP) is 1.33. The Balaban J connectivity index is 2.00. The van der Waals surface area contributed by atoms with E-state index in [4.69, 9.17) is 9.47 Å². The molecule has 1 aromatic heterocycles. The summed E-state index contributed by atoms with van der Waals surface area (Å²) in [5.74, 6) is 0.390. The van der Waals surface area contributed by atoms with Crippen molar-refractivity contribution in [1.82, 2.24) is 14.8 Å². The van der Waals surface area contributed by atoms with Gasteiger partial charge in [0.2, 0.25) is 0 Å². The first kappa shape index (κ1) is 10.2. The quantitative estimate of drug-likeness (QED) is 0.788. The Morgan fingerprint density at radius 3 is 3.18 bits per heavy atom. The van der Waals surface area contributed by atoms with E-state index in [0.717, 1.165) is 11.1 Å². The molecule has 0 saturated carbocycles. The maximum absolute atomic E-state index is 13.4. The third kappa shape index (κ3) is 1.99. The van der Waals surface area contributed by atoms with E-state index in [1.807, 2.05) is 0 Å². The summed E-state index contributed by atoms with van der Waals surface area (Å²) in [7, 11) is 0. The number of hydrogen-bond acceptors (Lipinski definition) is 4. The molecule has 0 spiro atoms. The van der Waals surface area contributed by atoms with Crippen LogP contribution in [0.4, 0.5) is 4.39 Å². The van der Waals surface area contributed by atoms with Crippen LogP contribution in [-0.4, -0.2) is 21.6 Å². The molecule has 17 heavy (non-hydrogen) atoms. The molecule has 0 fully saturated rings. The third-order valence-corrected chi connectivity index (χ3v) is 2.55. The molecule has 1 aromatic carbocycles. The minimum Gasteiger partial charge on any atom is -0.467 e. The highest BCUT2D eigenvalue weighted by Crippen LogP contribution is 2.29. The molecule has 0 atom stereocenters. The molecule has 0 radical (unpaired) electrons. The molecule has 1 aliphatic rings. The van der Waals surface area contributed by atoms with Crippen LogP contribution in [0, 0.1) is 5.82 Å². The highest BCUT2D eigenvalue weighted by atomic mass is 19.1. The van der Waals surface area contributed by atoms with Crippen LogP contribution in [0.5, 0.6) is 5.75 Å². The summed E-state index contributed by atoms with van der Waals surface area (Å²) >= 11 is 0. The van der Waals surface area contributed by atoms with E-state index >= 15 is 0 Å². The lowest BCUT2D eigenvalue weighted by atomic mass is 10.1. The van der Waals surface area contributed by atoms with Gasteiger partial charge < -0.3 is 9.47 Å². The number of nitrogens with zero attached hydrogens (tertiary/aromatic N) is 3. The Kier molecular flexibility index (Phi) is 2.49. The van der Waals surface area contributed by atoms with Crippen molar-refractivity contribution in [3.63, 3.8) is 0 Å². The van der Waals surface area contributed by atoms with Crippen molar-refractivity contribution in [2.75, 3.05) is 6.79 Å². The number of ether oxygens (including phenoxy) is 2.